The molecule has 1 saturated heterocycles. The molecule has 158 valence electrons. The Morgan fingerprint density at radius 1 is 1.13 bits per heavy atom. The van der Waals surface area contributed by atoms with Gasteiger partial charge >= 0.3 is 6.03 Å². The fourth-order valence-electron chi connectivity index (χ4n) is 4.39. The van der Waals surface area contributed by atoms with Crippen molar-refractivity contribution in [3.63, 3.8) is 0 Å². The molecule has 0 bridgehead atoms. The van der Waals surface area contributed by atoms with Crippen LogP contribution in [0, 0.1) is 23.0 Å². The van der Waals surface area contributed by atoms with Gasteiger partial charge < -0.3 is 9.80 Å². The Balaban J connectivity index is 1.35. The zero-order valence-electron chi connectivity index (χ0n) is 16.6. The van der Waals surface area contributed by atoms with Crippen LogP contribution in [0.1, 0.15) is 36.6 Å². The number of carbonyl (C=O) groups excluding carboxylic acids is 1. The third-order valence-corrected chi connectivity index (χ3v) is 6.10. The van der Waals surface area contributed by atoms with Crippen LogP contribution in [-0.2, 0) is 0 Å². The molecule has 2 fully saturated rings. The molecule has 10 heteroatoms. The topological polar surface area (TPSA) is 88.7 Å². The van der Waals surface area contributed by atoms with E-state index >= 15 is 0 Å². The molecule has 1 atom stereocenters. The highest BCUT2D eigenvalue weighted by Crippen LogP contribution is 2.46. The van der Waals surface area contributed by atoms with Crippen LogP contribution in [0.3, 0.4) is 0 Å². The van der Waals surface area contributed by atoms with Gasteiger partial charge in [0.2, 0.25) is 0 Å². The minimum absolute atomic E-state index is 0.263. The summed E-state index contributed by atoms with van der Waals surface area (Å²) in [6.45, 7) is 1.60. The molecule has 8 nitrogen and oxygen atoms in total. The quantitative estimate of drug-likeness (QED) is 0.741. The summed E-state index contributed by atoms with van der Waals surface area (Å²) in [4.78, 5) is 25.5. The highest BCUT2D eigenvalue weighted by molar-refractivity contribution is 5.80. The number of nitrogens with zero attached hydrogens (tertiary/aromatic N) is 7. The summed E-state index contributed by atoms with van der Waals surface area (Å²) in [5, 5.41) is 14.6. The van der Waals surface area contributed by atoms with Gasteiger partial charge in [-0.15, -0.1) is 0 Å². The molecular formula is C21H19F2N7O. The van der Waals surface area contributed by atoms with Crippen molar-refractivity contribution in [1.29, 1.82) is 5.26 Å². The number of anilines is 1. The van der Waals surface area contributed by atoms with Gasteiger partial charge in [-0.2, -0.15) is 10.4 Å². The molecule has 3 heterocycles. The van der Waals surface area contributed by atoms with Gasteiger partial charge in [0.15, 0.2) is 0 Å². The summed E-state index contributed by atoms with van der Waals surface area (Å²) in [6, 6.07) is 6.17. The van der Waals surface area contributed by atoms with Crippen molar-refractivity contribution in [1.82, 2.24) is 19.9 Å². The third kappa shape index (κ3) is 3.46. The highest BCUT2D eigenvalue weighted by atomic mass is 19.1. The van der Waals surface area contributed by atoms with Gasteiger partial charge in [0.05, 0.1) is 11.6 Å². The number of benzene rings is 1. The Morgan fingerprint density at radius 2 is 1.90 bits per heavy atom. The summed E-state index contributed by atoms with van der Waals surface area (Å²) >= 11 is 0. The summed E-state index contributed by atoms with van der Waals surface area (Å²) in [6.07, 6.45) is 5.07. The first-order valence-electron chi connectivity index (χ1n) is 10.1. The zero-order valence-corrected chi connectivity index (χ0v) is 16.6. The molecule has 1 aromatic heterocycles. The summed E-state index contributed by atoms with van der Waals surface area (Å²) in [7, 11) is 0. The first-order valence-corrected chi connectivity index (χ1v) is 10.1. The number of piperazine rings is 1. The number of carbonyl (C=O) groups is 1. The van der Waals surface area contributed by atoms with E-state index in [1.807, 2.05) is 11.0 Å². The van der Waals surface area contributed by atoms with E-state index in [0.717, 1.165) is 18.9 Å². The Hall–Kier alpha value is -3.61. The molecule has 2 aromatic rings. The molecule has 0 radical (unpaired) electrons. The smallest absolute Gasteiger partial charge is 0.341 e. The van der Waals surface area contributed by atoms with Crippen molar-refractivity contribution in [2.45, 2.75) is 30.8 Å². The van der Waals surface area contributed by atoms with Gasteiger partial charge in [0.1, 0.15) is 35.5 Å². The maximum Gasteiger partial charge on any atom is 0.341 e. The molecular weight excluding hydrogens is 404 g/mol. The van der Waals surface area contributed by atoms with Crippen molar-refractivity contribution < 1.29 is 13.6 Å². The lowest BCUT2D eigenvalue weighted by Gasteiger charge is -2.44. The standard InChI is InChI=1S/C21H19F2N7O/c22-15-7-14(8-16(23)9-15)18-1-4-27-30(18)20(31)29-6-5-28(12-21(29)2-3-21)19-10-17(11-24)25-13-26-19/h4,7-10,13,18H,1-3,5-6,12H2. The summed E-state index contributed by atoms with van der Waals surface area (Å²) in [5.41, 5.74) is 0.352. The van der Waals surface area contributed by atoms with Crippen molar-refractivity contribution in [2.24, 2.45) is 5.10 Å². The van der Waals surface area contributed by atoms with Crippen molar-refractivity contribution in [3.05, 3.63) is 53.5 Å². The molecule has 0 N–H and O–H groups in total. The molecule has 1 aliphatic carbocycles. The van der Waals surface area contributed by atoms with Gasteiger partial charge in [0.25, 0.3) is 0 Å². The van der Waals surface area contributed by atoms with Crippen molar-refractivity contribution in [3.8, 4) is 6.07 Å². The van der Waals surface area contributed by atoms with Crippen LogP contribution in [0.2, 0.25) is 0 Å². The maximum atomic E-state index is 13.7. The first kappa shape index (κ1) is 19.4. The molecule has 31 heavy (non-hydrogen) atoms. The normalized spacial score (nSPS) is 21.5. The van der Waals surface area contributed by atoms with Crippen LogP contribution in [-0.4, -0.2) is 57.3 Å². The molecule has 1 saturated carbocycles. The molecule has 1 aromatic carbocycles. The van der Waals surface area contributed by atoms with Gasteiger partial charge in [-0.1, -0.05) is 0 Å². The number of hydrazone groups is 1. The third-order valence-electron chi connectivity index (χ3n) is 6.10. The number of hydrogen-bond donors (Lipinski definition) is 0. The minimum Gasteiger partial charge on any atom is -0.352 e. The summed E-state index contributed by atoms with van der Waals surface area (Å²) < 4.78 is 27.4. The van der Waals surface area contributed by atoms with E-state index in [9.17, 15) is 13.6 Å². The Morgan fingerprint density at radius 3 is 2.61 bits per heavy atom. The number of nitriles is 1. The highest BCUT2D eigenvalue weighted by Gasteiger charge is 2.55. The van der Waals surface area contributed by atoms with E-state index in [1.54, 1.807) is 12.3 Å². The number of halogens is 2. The molecule has 1 unspecified atom stereocenters. The van der Waals surface area contributed by atoms with Gasteiger partial charge in [-0.25, -0.2) is 28.6 Å². The number of rotatable bonds is 2. The second-order valence-electron chi connectivity index (χ2n) is 8.05. The van der Waals surface area contributed by atoms with E-state index in [2.05, 4.69) is 20.0 Å². The minimum atomic E-state index is -0.678. The Kier molecular flexibility index (Phi) is 4.54. The fraction of sp³-hybridized carbons (Fsp3) is 0.381. The van der Waals surface area contributed by atoms with Crippen molar-refractivity contribution in [2.75, 3.05) is 24.5 Å². The van der Waals surface area contributed by atoms with Crippen LogP contribution in [0.25, 0.3) is 0 Å². The average molecular weight is 423 g/mol. The first-order chi connectivity index (χ1) is 15.0. The van der Waals surface area contributed by atoms with E-state index in [4.69, 9.17) is 5.26 Å². The van der Waals surface area contributed by atoms with E-state index in [-0.39, 0.29) is 11.6 Å². The maximum absolute atomic E-state index is 13.7. The zero-order chi connectivity index (χ0) is 21.6. The lowest BCUT2D eigenvalue weighted by atomic mass is 10.0. The number of aromatic nitrogens is 2. The van der Waals surface area contributed by atoms with Crippen LogP contribution in [0.4, 0.5) is 19.4 Å². The van der Waals surface area contributed by atoms with Crippen LogP contribution < -0.4 is 4.90 Å². The fourth-order valence-corrected chi connectivity index (χ4v) is 4.39. The lowest BCUT2D eigenvalue weighted by molar-refractivity contribution is 0.110. The number of urea groups is 1. The predicted octanol–water partition coefficient (Wildman–Crippen LogP) is 2.83. The molecule has 2 aliphatic heterocycles. The lowest BCUT2D eigenvalue weighted by Crippen LogP contribution is -2.59. The van der Waals surface area contributed by atoms with Gasteiger partial charge in [-0.05, 0) is 30.5 Å². The van der Waals surface area contributed by atoms with Gasteiger partial charge in [-0.3, -0.25) is 0 Å². The van der Waals surface area contributed by atoms with E-state index in [1.165, 1.54) is 23.5 Å². The van der Waals surface area contributed by atoms with Crippen LogP contribution in [0.15, 0.2) is 35.7 Å². The molecule has 2 amide bonds. The van der Waals surface area contributed by atoms with Crippen molar-refractivity contribution >= 4 is 18.1 Å². The molecule has 5 rings (SSSR count). The van der Waals surface area contributed by atoms with Crippen LogP contribution in [0.5, 0.6) is 0 Å². The predicted molar refractivity (Wildman–Crippen MR) is 107 cm³/mol. The average Bonchev–Trinajstić information content (AvgIpc) is 3.34. The number of amides is 2. The largest absolute Gasteiger partial charge is 0.352 e. The SMILES string of the molecule is N#Cc1cc(N2CCN(C(=O)N3N=CCC3c3cc(F)cc(F)c3)C3(CC3)C2)ncn1. The monoisotopic (exact) mass is 423 g/mol. The van der Waals surface area contributed by atoms with E-state index in [0.29, 0.717) is 43.1 Å². The molecule has 1 spiro atoms. The molecule has 3 aliphatic rings. The van der Waals surface area contributed by atoms with E-state index < -0.39 is 17.7 Å². The second kappa shape index (κ2) is 7.27. The second-order valence-corrected chi connectivity index (χ2v) is 8.05. The Bertz CT molecular complexity index is 1090. The van der Waals surface area contributed by atoms with Gasteiger partial charge in [0, 0.05) is 44.4 Å². The summed E-state index contributed by atoms with van der Waals surface area (Å²) in [5.74, 6) is -0.691. The number of hydrogen-bond acceptors (Lipinski definition) is 6. The van der Waals surface area contributed by atoms with Crippen LogP contribution >= 0.6 is 0 Å². The Labute approximate surface area is 177 Å².